The first-order valence-corrected chi connectivity index (χ1v) is 7.17. The van der Waals surface area contributed by atoms with E-state index in [1.54, 1.807) is 0 Å². The lowest BCUT2D eigenvalue weighted by molar-refractivity contribution is 0.0469. The lowest BCUT2D eigenvalue weighted by atomic mass is 9.92. The van der Waals surface area contributed by atoms with Crippen molar-refractivity contribution >= 4 is 22.9 Å². The molecule has 0 unspecified atom stereocenters. The van der Waals surface area contributed by atoms with E-state index in [0.29, 0.717) is 5.88 Å². The third-order valence-corrected chi connectivity index (χ3v) is 4.60. The molecule has 1 aliphatic rings. The van der Waals surface area contributed by atoms with E-state index in [9.17, 15) is 0 Å². The minimum absolute atomic E-state index is 0.108. The predicted molar refractivity (Wildman–Crippen MR) is 69.5 cm³/mol. The van der Waals surface area contributed by atoms with Gasteiger partial charge in [0.05, 0.1) is 0 Å². The van der Waals surface area contributed by atoms with Gasteiger partial charge in [-0.1, -0.05) is 6.07 Å². The molecule has 1 fully saturated rings. The molecule has 0 aliphatic carbocycles. The first kappa shape index (κ1) is 12.4. The summed E-state index contributed by atoms with van der Waals surface area (Å²) in [6.07, 6.45) is 3.15. The molecule has 0 spiro atoms. The number of hydrogen-bond acceptors (Lipinski definition) is 3. The highest BCUT2D eigenvalue weighted by Gasteiger charge is 2.30. The molecular weight excluding hydrogens is 242 g/mol. The van der Waals surface area contributed by atoms with Crippen LogP contribution in [0.4, 0.5) is 0 Å². The van der Waals surface area contributed by atoms with Gasteiger partial charge in [-0.25, -0.2) is 0 Å². The lowest BCUT2D eigenvalue weighted by Crippen LogP contribution is -2.51. The average molecular weight is 260 g/mol. The van der Waals surface area contributed by atoms with Crippen LogP contribution in [0, 0.1) is 0 Å². The van der Waals surface area contributed by atoms with Crippen LogP contribution in [0.2, 0.25) is 0 Å². The molecule has 2 heterocycles. The Bertz CT molecular complexity index is 296. The normalized spacial score (nSPS) is 19.8. The van der Waals surface area contributed by atoms with Crippen LogP contribution in [0.15, 0.2) is 17.5 Å². The monoisotopic (exact) mass is 259 g/mol. The zero-order valence-electron chi connectivity index (χ0n) is 9.38. The van der Waals surface area contributed by atoms with E-state index in [1.165, 1.54) is 4.88 Å². The van der Waals surface area contributed by atoms with E-state index in [4.69, 9.17) is 16.3 Å². The van der Waals surface area contributed by atoms with E-state index >= 15 is 0 Å². The second-order valence-corrected chi connectivity index (χ2v) is 5.58. The Morgan fingerprint density at radius 1 is 1.44 bits per heavy atom. The Labute approximate surface area is 106 Å². The number of thiophene rings is 1. The van der Waals surface area contributed by atoms with Crippen molar-refractivity contribution in [3.8, 4) is 0 Å². The largest absolute Gasteiger partial charge is 0.381 e. The van der Waals surface area contributed by atoms with Crippen LogP contribution >= 0.6 is 22.9 Å². The maximum atomic E-state index is 6.08. The van der Waals surface area contributed by atoms with E-state index in [1.807, 2.05) is 11.3 Å². The van der Waals surface area contributed by atoms with Gasteiger partial charge in [-0.15, -0.1) is 22.9 Å². The molecule has 0 amide bonds. The number of rotatable bonds is 5. The van der Waals surface area contributed by atoms with Gasteiger partial charge in [-0.05, 0) is 30.7 Å². The van der Waals surface area contributed by atoms with Crippen molar-refractivity contribution < 1.29 is 4.74 Å². The first-order chi connectivity index (χ1) is 7.85. The highest BCUT2D eigenvalue weighted by Crippen LogP contribution is 2.22. The summed E-state index contributed by atoms with van der Waals surface area (Å²) in [5.74, 6) is 0.681. The van der Waals surface area contributed by atoms with Gasteiger partial charge in [-0.2, -0.15) is 0 Å². The van der Waals surface area contributed by atoms with Crippen molar-refractivity contribution in [3.63, 3.8) is 0 Å². The standard InChI is InChI=1S/C12H18ClNOS/c13-10-12(4-7-15-8-5-12)14-6-3-11-2-1-9-16-11/h1-2,9,14H,3-8,10H2. The number of halogens is 1. The molecule has 16 heavy (non-hydrogen) atoms. The topological polar surface area (TPSA) is 21.3 Å². The SMILES string of the molecule is ClCC1(NCCc2cccs2)CCOCC1. The van der Waals surface area contributed by atoms with Gasteiger partial charge in [-0.3, -0.25) is 0 Å². The van der Waals surface area contributed by atoms with Crippen LogP contribution in [0.25, 0.3) is 0 Å². The highest BCUT2D eigenvalue weighted by atomic mass is 35.5. The second-order valence-electron chi connectivity index (χ2n) is 4.28. The maximum Gasteiger partial charge on any atom is 0.0484 e. The summed E-state index contributed by atoms with van der Waals surface area (Å²) in [7, 11) is 0. The Balaban J connectivity index is 1.78. The maximum absolute atomic E-state index is 6.08. The molecule has 0 aromatic carbocycles. The Kier molecular flexibility index (Phi) is 4.65. The van der Waals surface area contributed by atoms with Gasteiger partial charge in [0, 0.05) is 36.1 Å². The van der Waals surface area contributed by atoms with Gasteiger partial charge in [0.15, 0.2) is 0 Å². The van der Waals surface area contributed by atoms with Gasteiger partial charge >= 0.3 is 0 Å². The number of nitrogens with one attached hydrogen (secondary N) is 1. The quantitative estimate of drug-likeness (QED) is 0.821. The third-order valence-electron chi connectivity index (χ3n) is 3.16. The van der Waals surface area contributed by atoms with Crippen LogP contribution in [0.5, 0.6) is 0 Å². The summed E-state index contributed by atoms with van der Waals surface area (Å²) in [6, 6.07) is 4.29. The van der Waals surface area contributed by atoms with Crippen molar-refractivity contribution in [2.24, 2.45) is 0 Å². The van der Waals surface area contributed by atoms with Crippen molar-refractivity contribution in [2.75, 3.05) is 25.6 Å². The molecule has 1 N–H and O–H groups in total. The smallest absolute Gasteiger partial charge is 0.0484 e. The van der Waals surface area contributed by atoms with Crippen molar-refractivity contribution in [2.45, 2.75) is 24.8 Å². The van der Waals surface area contributed by atoms with Crippen molar-refractivity contribution in [3.05, 3.63) is 22.4 Å². The molecule has 1 aromatic heterocycles. The molecule has 90 valence electrons. The molecule has 0 atom stereocenters. The summed E-state index contributed by atoms with van der Waals surface area (Å²) in [5.41, 5.74) is 0.108. The summed E-state index contributed by atoms with van der Waals surface area (Å²) in [4.78, 5) is 1.43. The Morgan fingerprint density at radius 3 is 2.88 bits per heavy atom. The first-order valence-electron chi connectivity index (χ1n) is 5.76. The zero-order chi connectivity index (χ0) is 11.3. The van der Waals surface area contributed by atoms with Crippen LogP contribution < -0.4 is 5.32 Å². The molecule has 0 radical (unpaired) electrons. The zero-order valence-corrected chi connectivity index (χ0v) is 10.9. The molecule has 4 heteroatoms. The van der Waals surface area contributed by atoms with Crippen LogP contribution in [-0.4, -0.2) is 31.2 Å². The van der Waals surface area contributed by atoms with Crippen molar-refractivity contribution in [1.82, 2.24) is 5.32 Å². The van der Waals surface area contributed by atoms with E-state index < -0.39 is 0 Å². The minimum Gasteiger partial charge on any atom is -0.381 e. The lowest BCUT2D eigenvalue weighted by Gasteiger charge is -2.36. The molecule has 1 aliphatic heterocycles. The van der Waals surface area contributed by atoms with Gasteiger partial charge in [0.1, 0.15) is 0 Å². The van der Waals surface area contributed by atoms with Gasteiger partial charge < -0.3 is 10.1 Å². The number of alkyl halides is 1. The average Bonchev–Trinajstić information content (AvgIpc) is 2.83. The third kappa shape index (κ3) is 3.20. The summed E-state index contributed by atoms with van der Waals surface area (Å²) < 4.78 is 5.38. The molecule has 0 bridgehead atoms. The van der Waals surface area contributed by atoms with E-state index in [-0.39, 0.29) is 5.54 Å². The fraction of sp³-hybridized carbons (Fsp3) is 0.667. The van der Waals surface area contributed by atoms with Gasteiger partial charge in [0.25, 0.3) is 0 Å². The summed E-state index contributed by atoms with van der Waals surface area (Å²) in [5, 5.41) is 5.74. The fourth-order valence-electron chi connectivity index (χ4n) is 2.03. The van der Waals surface area contributed by atoms with Gasteiger partial charge in [0.2, 0.25) is 0 Å². The van der Waals surface area contributed by atoms with Crippen LogP contribution in [0.1, 0.15) is 17.7 Å². The Morgan fingerprint density at radius 2 is 2.25 bits per heavy atom. The molecule has 2 nitrogen and oxygen atoms in total. The summed E-state index contributed by atoms with van der Waals surface area (Å²) >= 11 is 7.90. The molecule has 1 aromatic rings. The molecular formula is C12H18ClNOS. The minimum atomic E-state index is 0.108. The number of ether oxygens (including phenoxy) is 1. The second kappa shape index (κ2) is 6.01. The van der Waals surface area contributed by atoms with E-state index in [2.05, 4.69) is 22.8 Å². The van der Waals surface area contributed by atoms with Crippen molar-refractivity contribution in [1.29, 1.82) is 0 Å². The molecule has 0 saturated carbocycles. The molecule has 2 rings (SSSR count). The molecule has 1 saturated heterocycles. The fourth-order valence-corrected chi connectivity index (χ4v) is 3.10. The predicted octanol–water partition coefficient (Wildman–Crippen LogP) is 2.67. The van der Waals surface area contributed by atoms with Crippen LogP contribution in [-0.2, 0) is 11.2 Å². The van der Waals surface area contributed by atoms with Crippen LogP contribution in [0.3, 0.4) is 0 Å². The number of hydrogen-bond donors (Lipinski definition) is 1. The highest BCUT2D eigenvalue weighted by molar-refractivity contribution is 7.09. The summed E-state index contributed by atoms with van der Waals surface area (Å²) in [6.45, 7) is 2.67. The van der Waals surface area contributed by atoms with E-state index in [0.717, 1.165) is 39.0 Å². The Hall–Kier alpha value is -0.0900.